The lowest BCUT2D eigenvalue weighted by Crippen LogP contribution is -2.44. The van der Waals surface area contributed by atoms with Crippen LogP contribution in [-0.4, -0.2) is 38.4 Å². The molecule has 2 atom stereocenters. The molecule has 2 heterocycles. The number of hydrogen-bond donors (Lipinski definition) is 1. The summed E-state index contributed by atoms with van der Waals surface area (Å²) < 4.78 is 1.82. The van der Waals surface area contributed by atoms with E-state index >= 15 is 0 Å². The lowest BCUT2D eigenvalue weighted by molar-refractivity contribution is -0.135. The summed E-state index contributed by atoms with van der Waals surface area (Å²) in [4.78, 5) is 17.0. The van der Waals surface area contributed by atoms with Gasteiger partial charge in [-0.25, -0.2) is 4.68 Å². The van der Waals surface area contributed by atoms with E-state index < -0.39 is 5.97 Å². The first-order valence-corrected chi connectivity index (χ1v) is 6.59. The summed E-state index contributed by atoms with van der Waals surface area (Å²) in [6, 6.07) is 10.3. The van der Waals surface area contributed by atoms with Crippen LogP contribution >= 0.6 is 0 Å². The molecule has 104 valence electrons. The minimum Gasteiger partial charge on any atom is -0.480 e. The predicted octanol–water partition coefficient (Wildman–Crippen LogP) is 1.55. The highest BCUT2D eigenvalue weighted by Crippen LogP contribution is 2.33. The third kappa shape index (κ3) is 2.13. The van der Waals surface area contributed by atoms with E-state index in [4.69, 9.17) is 5.11 Å². The summed E-state index contributed by atoms with van der Waals surface area (Å²) >= 11 is 0. The first kappa shape index (κ1) is 12.7. The molecule has 2 aromatic rings. The van der Waals surface area contributed by atoms with E-state index in [0.29, 0.717) is 5.95 Å². The second-order valence-electron chi connectivity index (χ2n) is 5.04. The van der Waals surface area contributed by atoms with Crippen molar-refractivity contribution in [3.63, 3.8) is 0 Å². The number of nitrogens with zero attached hydrogens (tertiary/aromatic N) is 4. The molecule has 0 bridgehead atoms. The number of aromatic nitrogens is 3. The Kier molecular flexibility index (Phi) is 3.14. The van der Waals surface area contributed by atoms with Crippen molar-refractivity contribution in [1.29, 1.82) is 0 Å². The van der Waals surface area contributed by atoms with Crippen LogP contribution in [-0.2, 0) is 4.79 Å². The molecule has 0 saturated heterocycles. The number of rotatable bonds is 3. The Balaban J connectivity index is 1.99. The Labute approximate surface area is 116 Å². The van der Waals surface area contributed by atoms with Crippen LogP contribution < -0.4 is 4.90 Å². The van der Waals surface area contributed by atoms with Gasteiger partial charge in [0.2, 0.25) is 5.95 Å². The molecule has 1 aromatic heterocycles. The molecule has 3 rings (SSSR count). The second-order valence-corrected chi connectivity index (χ2v) is 5.04. The van der Waals surface area contributed by atoms with Crippen LogP contribution in [0.25, 0.3) is 0 Å². The van der Waals surface area contributed by atoms with E-state index in [1.807, 2.05) is 29.8 Å². The van der Waals surface area contributed by atoms with Crippen molar-refractivity contribution < 1.29 is 9.90 Å². The molecular weight excluding hydrogens is 256 g/mol. The standard InChI is InChI=1S/C14H16N4O2/c1-10-7-12(11-5-3-2-4-6-11)18-14(15-9-16-18)17(10)8-13(19)20/h2-6,9-10,12H,7-8H2,1H3,(H,19,20). The Morgan fingerprint density at radius 3 is 2.85 bits per heavy atom. The number of aliphatic carboxylic acids is 1. The second kappa shape index (κ2) is 4.96. The van der Waals surface area contributed by atoms with E-state index in [-0.39, 0.29) is 18.6 Å². The van der Waals surface area contributed by atoms with E-state index in [2.05, 4.69) is 22.2 Å². The number of fused-ring (bicyclic) bond motifs is 1. The van der Waals surface area contributed by atoms with Gasteiger partial charge in [0, 0.05) is 6.04 Å². The van der Waals surface area contributed by atoms with Gasteiger partial charge < -0.3 is 10.0 Å². The molecule has 0 radical (unpaired) electrons. The van der Waals surface area contributed by atoms with Crippen molar-refractivity contribution >= 4 is 11.9 Å². The minimum absolute atomic E-state index is 0.0542. The first-order valence-electron chi connectivity index (χ1n) is 6.59. The topological polar surface area (TPSA) is 71.2 Å². The van der Waals surface area contributed by atoms with Gasteiger partial charge >= 0.3 is 5.97 Å². The van der Waals surface area contributed by atoms with Crippen molar-refractivity contribution in [3.8, 4) is 0 Å². The maximum atomic E-state index is 11.0. The number of benzene rings is 1. The van der Waals surface area contributed by atoms with Gasteiger partial charge in [0.1, 0.15) is 12.9 Å². The number of anilines is 1. The fourth-order valence-electron chi connectivity index (χ4n) is 2.74. The summed E-state index contributed by atoms with van der Waals surface area (Å²) in [7, 11) is 0. The summed E-state index contributed by atoms with van der Waals surface area (Å²) in [5.74, 6) is -0.232. The van der Waals surface area contributed by atoms with Gasteiger partial charge in [0.05, 0.1) is 6.04 Å². The largest absolute Gasteiger partial charge is 0.480 e. The number of carboxylic acid groups (broad SMARTS) is 1. The minimum atomic E-state index is -0.857. The highest BCUT2D eigenvalue weighted by atomic mass is 16.4. The quantitative estimate of drug-likeness (QED) is 0.918. The van der Waals surface area contributed by atoms with Gasteiger partial charge in [0.15, 0.2) is 0 Å². The molecule has 0 saturated carbocycles. The van der Waals surface area contributed by atoms with Crippen LogP contribution in [0.4, 0.5) is 5.95 Å². The van der Waals surface area contributed by atoms with Crippen molar-refractivity contribution in [2.75, 3.05) is 11.4 Å². The maximum Gasteiger partial charge on any atom is 0.323 e. The SMILES string of the molecule is CC1CC(c2ccccc2)n2ncnc2N1CC(=O)O. The van der Waals surface area contributed by atoms with E-state index in [9.17, 15) is 4.79 Å². The van der Waals surface area contributed by atoms with Gasteiger partial charge in [-0.3, -0.25) is 4.79 Å². The first-order chi connectivity index (χ1) is 9.66. The molecule has 1 aromatic carbocycles. The zero-order valence-corrected chi connectivity index (χ0v) is 11.2. The van der Waals surface area contributed by atoms with Crippen LogP contribution in [0, 0.1) is 0 Å². The van der Waals surface area contributed by atoms with E-state index in [0.717, 1.165) is 6.42 Å². The zero-order valence-electron chi connectivity index (χ0n) is 11.2. The van der Waals surface area contributed by atoms with Crippen LogP contribution in [0.2, 0.25) is 0 Å². The number of carbonyl (C=O) groups is 1. The fraction of sp³-hybridized carbons (Fsp3) is 0.357. The summed E-state index contributed by atoms with van der Waals surface area (Å²) in [6.45, 7) is 1.97. The summed E-state index contributed by atoms with van der Waals surface area (Å²) in [6.07, 6.45) is 2.30. The molecule has 1 aliphatic heterocycles. The normalized spacial score (nSPS) is 21.6. The smallest absolute Gasteiger partial charge is 0.323 e. The van der Waals surface area contributed by atoms with Crippen LogP contribution in [0.15, 0.2) is 36.7 Å². The molecule has 0 aliphatic carbocycles. The Hall–Kier alpha value is -2.37. The van der Waals surface area contributed by atoms with Gasteiger partial charge in [-0.15, -0.1) is 0 Å². The van der Waals surface area contributed by atoms with Crippen molar-refractivity contribution in [2.24, 2.45) is 0 Å². The Morgan fingerprint density at radius 2 is 2.15 bits per heavy atom. The van der Waals surface area contributed by atoms with E-state index in [1.54, 1.807) is 4.90 Å². The number of hydrogen-bond acceptors (Lipinski definition) is 4. The average Bonchev–Trinajstić information content (AvgIpc) is 2.91. The fourth-order valence-corrected chi connectivity index (χ4v) is 2.74. The van der Waals surface area contributed by atoms with Crippen LogP contribution in [0.1, 0.15) is 24.9 Å². The molecule has 0 amide bonds. The molecule has 2 unspecified atom stereocenters. The maximum absolute atomic E-state index is 11.0. The third-order valence-corrected chi connectivity index (χ3v) is 3.69. The average molecular weight is 272 g/mol. The predicted molar refractivity (Wildman–Crippen MR) is 73.7 cm³/mol. The van der Waals surface area contributed by atoms with Crippen LogP contribution in [0.5, 0.6) is 0 Å². The Bertz CT molecular complexity index is 611. The molecule has 0 fully saturated rings. The molecular formula is C14H16N4O2. The van der Waals surface area contributed by atoms with Crippen molar-refractivity contribution in [2.45, 2.75) is 25.4 Å². The molecule has 6 nitrogen and oxygen atoms in total. The zero-order chi connectivity index (χ0) is 14.1. The van der Waals surface area contributed by atoms with E-state index in [1.165, 1.54) is 11.9 Å². The lowest BCUT2D eigenvalue weighted by atomic mass is 9.97. The van der Waals surface area contributed by atoms with Crippen molar-refractivity contribution in [1.82, 2.24) is 14.8 Å². The molecule has 1 aliphatic rings. The van der Waals surface area contributed by atoms with Crippen LogP contribution in [0.3, 0.4) is 0 Å². The third-order valence-electron chi connectivity index (χ3n) is 3.69. The monoisotopic (exact) mass is 272 g/mol. The van der Waals surface area contributed by atoms with Gasteiger partial charge in [-0.1, -0.05) is 30.3 Å². The molecule has 20 heavy (non-hydrogen) atoms. The summed E-state index contributed by atoms with van der Waals surface area (Å²) in [5, 5.41) is 13.3. The molecule has 1 N–H and O–H groups in total. The summed E-state index contributed by atoms with van der Waals surface area (Å²) in [5.41, 5.74) is 1.17. The molecule has 0 spiro atoms. The molecule has 6 heteroatoms. The van der Waals surface area contributed by atoms with Gasteiger partial charge in [-0.2, -0.15) is 10.1 Å². The Morgan fingerprint density at radius 1 is 1.40 bits per heavy atom. The lowest BCUT2D eigenvalue weighted by Gasteiger charge is -2.37. The van der Waals surface area contributed by atoms with Gasteiger partial charge in [0.25, 0.3) is 0 Å². The van der Waals surface area contributed by atoms with Crippen molar-refractivity contribution in [3.05, 3.63) is 42.2 Å². The highest BCUT2D eigenvalue weighted by molar-refractivity contribution is 5.73. The highest BCUT2D eigenvalue weighted by Gasteiger charge is 2.33. The number of carboxylic acids is 1. The van der Waals surface area contributed by atoms with Gasteiger partial charge in [-0.05, 0) is 18.9 Å².